The van der Waals surface area contributed by atoms with Crippen LogP contribution in [0.3, 0.4) is 0 Å². The molecule has 3 heterocycles. The van der Waals surface area contributed by atoms with Gasteiger partial charge in [0.2, 0.25) is 5.95 Å². The molecule has 1 aromatic carbocycles. The Morgan fingerprint density at radius 3 is 2.62 bits per heavy atom. The fourth-order valence-electron chi connectivity index (χ4n) is 3.74. The molecule has 3 atom stereocenters. The number of piperidine rings is 1. The molecule has 1 aliphatic heterocycles. The molecular formula is C21H20FN7. The molecule has 0 radical (unpaired) electrons. The Morgan fingerprint density at radius 2 is 1.97 bits per heavy atom. The van der Waals surface area contributed by atoms with E-state index < -0.39 is 12.2 Å². The molecule has 0 amide bonds. The molecular weight excluding hydrogens is 369 g/mol. The van der Waals surface area contributed by atoms with Gasteiger partial charge in [0.1, 0.15) is 12.2 Å². The van der Waals surface area contributed by atoms with Crippen molar-refractivity contribution in [2.75, 3.05) is 18.0 Å². The van der Waals surface area contributed by atoms with Crippen LogP contribution in [0.4, 0.5) is 10.3 Å². The molecule has 0 bridgehead atoms. The third kappa shape index (κ3) is 3.39. The third-order valence-electron chi connectivity index (χ3n) is 5.38. The van der Waals surface area contributed by atoms with Crippen LogP contribution in [-0.4, -0.2) is 39.8 Å². The molecule has 1 saturated heterocycles. The zero-order chi connectivity index (χ0) is 20.5. The first-order valence-electron chi connectivity index (χ1n) is 9.44. The SMILES string of the molecule is C[C@H](c1ccc(C#N)cn1)n1c(N2CC[C@@H](F)[C@H](N)C2)nc2ccc(C#N)cc21. The maximum absolute atomic E-state index is 13.9. The van der Waals surface area contributed by atoms with Crippen molar-refractivity contribution in [1.82, 2.24) is 14.5 Å². The fourth-order valence-corrected chi connectivity index (χ4v) is 3.74. The summed E-state index contributed by atoms with van der Waals surface area (Å²) < 4.78 is 15.9. The summed E-state index contributed by atoms with van der Waals surface area (Å²) in [5.41, 5.74) is 9.30. The number of fused-ring (bicyclic) bond motifs is 1. The van der Waals surface area contributed by atoms with Gasteiger partial charge in [-0.2, -0.15) is 10.5 Å². The summed E-state index contributed by atoms with van der Waals surface area (Å²) in [6.07, 6.45) is 0.861. The number of imidazole rings is 1. The van der Waals surface area contributed by atoms with Gasteiger partial charge in [-0.05, 0) is 43.7 Å². The van der Waals surface area contributed by atoms with Gasteiger partial charge in [0.15, 0.2) is 0 Å². The van der Waals surface area contributed by atoms with E-state index in [4.69, 9.17) is 16.0 Å². The molecule has 3 aromatic rings. The maximum Gasteiger partial charge on any atom is 0.207 e. The molecule has 146 valence electrons. The van der Waals surface area contributed by atoms with Gasteiger partial charge in [0, 0.05) is 19.3 Å². The molecule has 1 aliphatic rings. The summed E-state index contributed by atoms with van der Waals surface area (Å²) >= 11 is 0. The summed E-state index contributed by atoms with van der Waals surface area (Å²) in [5, 5.41) is 18.4. The number of hydrogen-bond acceptors (Lipinski definition) is 6. The number of nitrogens with zero attached hydrogens (tertiary/aromatic N) is 6. The van der Waals surface area contributed by atoms with E-state index in [0.29, 0.717) is 36.6 Å². The second-order valence-electron chi connectivity index (χ2n) is 7.27. The van der Waals surface area contributed by atoms with Gasteiger partial charge in [-0.25, -0.2) is 9.37 Å². The van der Waals surface area contributed by atoms with E-state index in [9.17, 15) is 9.65 Å². The predicted molar refractivity (Wildman–Crippen MR) is 107 cm³/mol. The number of aromatic nitrogens is 3. The van der Waals surface area contributed by atoms with E-state index >= 15 is 0 Å². The van der Waals surface area contributed by atoms with Crippen LogP contribution in [0.1, 0.15) is 36.2 Å². The van der Waals surface area contributed by atoms with E-state index in [1.54, 1.807) is 18.2 Å². The molecule has 4 rings (SSSR count). The van der Waals surface area contributed by atoms with Crippen molar-refractivity contribution >= 4 is 17.0 Å². The second-order valence-corrected chi connectivity index (χ2v) is 7.27. The minimum Gasteiger partial charge on any atom is -0.340 e. The number of anilines is 1. The van der Waals surface area contributed by atoms with E-state index in [1.807, 2.05) is 28.5 Å². The number of alkyl halides is 1. The largest absolute Gasteiger partial charge is 0.340 e. The molecule has 0 spiro atoms. The number of rotatable bonds is 3. The quantitative estimate of drug-likeness (QED) is 0.738. The van der Waals surface area contributed by atoms with Crippen molar-refractivity contribution in [1.29, 1.82) is 10.5 Å². The van der Waals surface area contributed by atoms with Crippen LogP contribution in [0.15, 0.2) is 36.5 Å². The zero-order valence-corrected chi connectivity index (χ0v) is 16.0. The Morgan fingerprint density at radius 1 is 1.21 bits per heavy atom. The van der Waals surface area contributed by atoms with Gasteiger partial charge in [-0.15, -0.1) is 0 Å². The third-order valence-corrected chi connectivity index (χ3v) is 5.38. The summed E-state index contributed by atoms with van der Waals surface area (Å²) in [7, 11) is 0. The minimum absolute atomic E-state index is 0.212. The monoisotopic (exact) mass is 389 g/mol. The van der Waals surface area contributed by atoms with Crippen molar-refractivity contribution < 1.29 is 4.39 Å². The fraction of sp³-hybridized carbons (Fsp3) is 0.333. The topological polar surface area (TPSA) is 108 Å². The molecule has 29 heavy (non-hydrogen) atoms. The van der Waals surface area contributed by atoms with Gasteiger partial charge in [-0.3, -0.25) is 4.98 Å². The molecule has 2 N–H and O–H groups in total. The van der Waals surface area contributed by atoms with Crippen LogP contribution < -0.4 is 10.6 Å². The van der Waals surface area contributed by atoms with Crippen LogP contribution in [-0.2, 0) is 0 Å². The van der Waals surface area contributed by atoms with Gasteiger partial charge in [-0.1, -0.05) is 0 Å². The average molecular weight is 389 g/mol. The van der Waals surface area contributed by atoms with E-state index in [1.165, 1.54) is 6.20 Å². The molecule has 1 fully saturated rings. The molecule has 7 nitrogen and oxygen atoms in total. The van der Waals surface area contributed by atoms with Crippen molar-refractivity contribution in [2.24, 2.45) is 5.73 Å². The maximum atomic E-state index is 13.9. The molecule has 8 heteroatoms. The highest BCUT2D eigenvalue weighted by Crippen LogP contribution is 2.32. The van der Waals surface area contributed by atoms with Gasteiger partial charge < -0.3 is 15.2 Å². The number of hydrogen-bond donors (Lipinski definition) is 1. The highest BCUT2D eigenvalue weighted by Gasteiger charge is 2.30. The highest BCUT2D eigenvalue weighted by molar-refractivity contribution is 5.81. The first-order chi connectivity index (χ1) is 14.0. The van der Waals surface area contributed by atoms with E-state index in [0.717, 1.165) is 16.7 Å². The van der Waals surface area contributed by atoms with Crippen LogP contribution >= 0.6 is 0 Å². The van der Waals surface area contributed by atoms with E-state index in [-0.39, 0.29) is 6.04 Å². The van der Waals surface area contributed by atoms with E-state index in [2.05, 4.69) is 17.1 Å². The van der Waals surface area contributed by atoms with Crippen molar-refractivity contribution in [3.8, 4) is 12.1 Å². The second kappa shape index (κ2) is 7.50. The normalized spacial score (nSPS) is 20.2. The van der Waals surface area contributed by atoms with Gasteiger partial charge in [0.25, 0.3) is 0 Å². The number of halogens is 1. The lowest BCUT2D eigenvalue weighted by atomic mass is 10.1. The van der Waals surface area contributed by atoms with Crippen molar-refractivity contribution in [3.63, 3.8) is 0 Å². The summed E-state index contributed by atoms with van der Waals surface area (Å²) in [6.45, 7) is 2.86. The Kier molecular flexibility index (Phi) is 4.87. The highest BCUT2D eigenvalue weighted by atomic mass is 19.1. The van der Waals surface area contributed by atoms with Gasteiger partial charge >= 0.3 is 0 Å². The van der Waals surface area contributed by atoms with Crippen LogP contribution in [0.25, 0.3) is 11.0 Å². The Bertz CT molecular complexity index is 1120. The average Bonchev–Trinajstić information content (AvgIpc) is 3.13. The Labute approximate surface area is 167 Å². The van der Waals surface area contributed by atoms with Crippen LogP contribution in [0.5, 0.6) is 0 Å². The Balaban J connectivity index is 1.84. The standard InChI is InChI=1S/C21H20FN7/c1-13(18-4-3-15(10-24)11-26-18)29-20-8-14(9-23)2-5-19(20)27-21(29)28-7-6-16(22)17(25)12-28/h2-5,8,11,13,16-17H,6-7,12,25H2,1H3/t13-,16-,17-/m1/s1. The Hall–Kier alpha value is -3.49. The van der Waals surface area contributed by atoms with Crippen molar-refractivity contribution in [2.45, 2.75) is 31.6 Å². The van der Waals surface area contributed by atoms with Crippen molar-refractivity contribution in [3.05, 3.63) is 53.3 Å². The number of pyridine rings is 1. The molecule has 2 aromatic heterocycles. The summed E-state index contributed by atoms with van der Waals surface area (Å²) in [6, 6.07) is 12.3. The number of benzene rings is 1. The van der Waals surface area contributed by atoms with Crippen LogP contribution in [0, 0.1) is 22.7 Å². The lowest BCUT2D eigenvalue weighted by Crippen LogP contribution is -2.50. The zero-order valence-electron chi connectivity index (χ0n) is 16.0. The molecule has 0 saturated carbocycles. The molecule has 0 unspecified atom stereocenters. The number of nitrogens with two attached hydrogens (primary N) is 1. The number of nitriles is 2. The lowest BCUT2D eigenvalue weighted by molar-refractivity contribution is 0.243. The lowest BCUT2D eigenvalue weighted by Gasteiger charge is -2.34. The molecule has 0 aliphatic carbocycles. The summed E-state index contributed by atoms with van der Waals surface area (Å²) in [4.78, 5) is 11.2. The predicted octanol–water partition coefficient (Wildman–Crippen LogP) is 2.66. The first-order valence-corrected chi connectivity index (χ1v) is 9.44. The van der Waals surface area contributed by atoms with Gasteiger partial charge in [0.05, 0.1) is 46.0 Å². The first kappa shape index (κ1) is 18.9. The van der Waals surface area contributed by atoms with Crippen LogP contribution in [0.2, 0.25) is 0 Å². The summed E-state index contributed by atoms with van der Waals surface area (Å²) in [5.74, 6) is 0.677. The smallest absolute Gasteiger partial charge is 0.207 e. The minimum atomic E-state index is -1.02.